The van der Waals surface area contributed by atoms with Crippen LogP contribution in [0.1, 0.15) is 51.8 Å². The molecule has 0 spiro atoms. The first-order valence-corrected chi connectivity index (χ1v) is 10.8. The molecule has 0 radical (unpaired) electrons. The first-order chi connectivity index (χ1) is 15.0. The van der Waals surface area contributed by atoms with Crippen molar-refractivity contribution in [1.29, 1.82) is 0 Å². The van der Waals surface area contributed by atoms with Gasteiger partial charge in [-0.05, 0) is 55.7 Å². The van der Waals surface area contributed by atoms with E-state index in [1.54, 1.807) is 39.0 Å². The summed E-state index contributed by atoms with van der Waals surface area (Å²) in [5, 5.41) is 10.7. The number of halogens is 1. The Morgan fingerprint density at radius 1 is 1.16 bits per heavy atom. The Morgan fingerprint density at radius 3 is 2.41 bits per heavy atom. The van der Waals surface area contributed by atoms with Gasteiger partial charge in [-0.2, -0.15) is 0 Å². The molecule has 0 saturated carbocycles. The van der Waals surface area contributed by atoms with Crippen molar-refractivity contribution in [2.75, 3.05) is 6.54 Å². The summed E-state index contributed by atoms with van der Waals surface area (Å²) in [4.78, 5) is 27.8. The summed E-state index contributed by atoms with van der Waals surface area (Å²) in [6, 6.07) is 12.6. The molecule has 0 bridgehead atoms. The Hall–Kier alpha value is -3.15. The molecule has 1 atom stereocenters. The van der Waals surface area contributed by atoms with Crippen molar-refractivity contribution in [2.45, 2.75) is 53.2 Å². The topological polar surface area (TPSA) is 66.8 Å². The van der Waals surface area contributed by atoms with Gasteiger partial charge in [0.1, 0.15) is 11.6 Å². The second kappa shape index (κ2) is 9.15. The Morgan fingerprint density at radius 2 is 1.81 bits per heavy atom. The average molecular weight is 440 g/mol. The SMILES string of the molecule is CC(C)Oc1cccc(C2C(C(=O)C(C)(C)C)=C(O)C(=O)N2CCc2ccc(F)cc2)c1. The van der Waals surface area contributed by atoms with Crippen LogP contribution in [0.15, 0.2) is 59.9 Å². The number of aliphatic hydroxyl groups excluding tert-OH is 1. The second-order valence-corrected chi connectivity index (χ2v) is 9.36. The molecule has 2 aromatic rings. The molecule has 1 aliphatic rings. The van der Waals surface area contributed by atoms with Gasteiger partial charge in [0.25, 0.3) is 5.91 Å². The van der Waals surface area contributed by atoms with Gasteiger partial charge in [0.05, 0.1) is 17.7 Å². The Bertz CT molecular complexity index is 1030. The smallest absolute Gasteiger partial charge is 0.290 e. The van der Waals surface area contributed by atoms with Gasteiger partial charge < -0.3 is 14.7 Å². The highest BCUT2D eigenvalue weighted by atomic mass is 19.1. The maximum atomic E-state index is 13.3. The van der Waals surface area contributed by atoms with Crippen LogP contribution in [-0.2, 0) is 16.0 Å². The number of aliphatic hydroxyl groups is 1. The van der Waals surface area contributed by atoms with Crippen molar-refractivity contribution in [3.05, 3.63) is 76.8 Å². The van der Waals surface area contributed by atoms with E-state index < -0.39 is 23.1 Å². The van der Waals surface area contributed by atoms with Gasteiger partial charge in [0.2, 0.25) is 0 Å². The molecule has 0 aromatic heterocycles. The van der Waals surface area contributed by atoms with Crippen molar-refractivity contribution < 1.29 is 23.8 Å². The fraction of sp³-hybridized carbons (Fsp3) is 0.385. The Balaban J connectivity index is 2.01. The predicted octanol–water partition coefficient (Wildman–Crippen LogP) is 5.17. The highest BCUT2D eigenvalue weighted by Gasteiger charge is 2.45. The van der Waals surface area contributed by atoms with Crippen LogP contribution in [0.3, 0.4) is 0 Å². The molecule has 1 unspecified atom stereocenters. The molecule has 6 heteroatoms. The van der Waals surface area contributed by atoms with Gasteiger partial charge in [-0.1, -0.05) is 45.0 Å². The minimum Gasteiger partial charge on any atom is -0.503 e. The number of rotatable bonds is 7. The molecule has 1 aliphatic heterocycles. The van der Waals surface area contributed by atoms with Crippen LogP contribution < -0.4 is 4.74 Å². The molecule has 0 aliphatic carbocycles. The van der Waals surface area contributed by atoms with Crippen LogP contribution in [0.25, 0.3) is 0 Å². The molecule has 1 amide bonds. The lowest BCUT2D eigenvalue weighted by Crippen LogP contribution is -2.34. The molecule has 32 heavy (non-hydrogen) atoms. The van der Waals surface area contributed by atoms with Gasteiger partial charge in [-0.25, -0.2) is 4.39 Å². The van der Waals surface area contributed by atoms with E-state index >= 15 is 0 Å². The van der Waals surface area contributed by atoms with Crippen LogP contribution in [0.4, 0.5) is 4.39 Å². The molecule has 3 rings (SSSR count). The summed E-state index contributed by atoms with van der Waals surface area (Å²) in [5.74, 6) is -1.09. The van der Waals surface area contributed by atoms with Crippen molar-refractivity contribution in [3.63, 3.8) is 0 Å². The summed E-state index contributed by atoms with van der Waals surface area (Å²) in [5.41, 5.74) is 0.862. The summed E-state index contributed by atoms with van der Waals surface area (Å²) >= 11 is 0. The number of amides is 1. The lowest BCUT2D eigenvalue weighted by molar-refractivity contribution is -0.129. The number of hydrogen-bond acceptors (Lipinski definition) is 4. The highest BCUT2D eigenvalue weighted by molar-refractivity contribution is 6.10. The molecular formula is C26H30FNO4. The van der Waals surface area contributed by atoms with E-state index in [0.29, 0.717) is 17.7 Å². The lowest BCUT2D eigenvalue weighted by Gasteiger charge is -2.29. The van der Waals surface area contributed by atoms with Gasteiger partial charge in [-0.3, -0.25) is 9.59 Å². The van der Waals surface area contributed by atoms with Crippen LogP contribution in [0.2, 0.25) is 0 Å². The van der Waals surface area contributed by atoms with Crippen molar-refractivity contribution in [1.82, 2.24) is 4.90 Å². The number of hydrogen-bond donors (Lipinski definition) is 1. The zero-order valence-electron chi connectivity index (χ0n) is 19.2. The molecule has 5 nitrogen and oxygen atoms in total. The van der Waals surface area contributed by atoms with E-state index in [1.165, 1.54) is 17.0 Å². The summed E-state index contributed by atoms with van der Waals surface area (Å²) in [7, 11) is 0. The number of carbonyl (C=O) groups excluding carboxylic acids is 2. The normalized spacial score (nSPS) is 16.8. The fourth-order valence-electron chi connectivity index (χ4n) is 3.80. The van der Waals surface area contributed by atoms with Crippen LogP contribution in [0.5, 0.6) is 5.75 Å². The van der Waals surface area contributed by atoms with Crippen molar-refractivity contribution in [3.8, 4) is 5.75 Å². The minimum atomic E-state index is -0.777. The monoisotopic (exact) mass is 439 g/mol. The Labute approximate surface area is 188 Å². The third kappa shape index (κ3) is 5.01. The third-order valence-electron chi connectivity index (χ3n) is 5.33. The van der Waals surface area contributed by atoms with Crippen LogP contribution >= 0.6 is 0 Å². The Kier molecular flexibility index (Phi) is 6.72. The largest absolute Gasteiger partial charge is 0.503 e. The molecular weight excluding hydrogens is 409 g/mol. The summed E-state index contributed by atoms with van der Waals surface area (Å²) < 4.78 is 19.1. The summed E-state index contributed by atoms with van der Waals surface area (Å²) in [6.07, 6.45) is 0.416. The molecule has 0 saturated heterocycles. The maximum absolute atomic E-state index is 13.3. The van der Waals surface area contributed by atoms with Crippen molar-refractivity contribution >= 4 is 11.7 Å². The highest BCUT2D eigenvalue weighted by Crippen LogP contribution is 2.41. The number of Topliss-reactive ketones (excluding diaryl/α,β-unsaturated/α-hetero) is 1. The van der Waals surface area contributed by atoms with E-state index in [9.17, 15) is 19.1 Å². The van der Waals surface area contributed by atoms with E-state index in [-0.39, 0.29) is 29.8 Å². The van der Waals surface area contributed by atoms with Crippen LogP contribution in [0, 0.1) is 11.2 Å². The van der Waals surface area contributed by atoms with E-state index in [2.05, 4.69) is 0 Å². The number of ether oxygens (including phenoxy) is 1. The minimum absolute atomic E-state index is 0.0374. The quantitative estimate of drug-likeness (QED) is 0.647. The number of nitrogens with zero attached hydrogens (tertiary/aromatic N) is 1. The number of carbonyl (C=O) groups is 2. The predicted molar refractivity (Wildman–Crippen MR) is 121 cm³/mol. The van der Waals surface area contributed by atoms with Crippen molar-refractivity contribution in [2.24, 2.45) is 5.41 Å². The first-order valence-electron chi connectivity index (χ1n) is 10.8. The van der Waals surface area contributed by atoms with E-state index in [4.69, 9.17) is 4.74 Å². The molecule has 0 fully saturated rings. The van der Waals surface area contributed by atoms with Gasteiger partial charge in [-0.15, -0.1) is 0 Å². The van der Waals surface area contributed by atoms with Gasteiger partial charge >= 0.3 is 0 Å². The van der Waals surface area contributed by atoms with Crippen LogP contribution in [-0.4, -0.2) is 34.3 Å². The zero-order valence-corrected chi connectivity index (χ0v) is 19.2. The standard InChI is InChI=1S/C26H30FNO4/c1-16(2)32-20-8-6-7-18(15-20)22-21(24(30)26(3,4)5)23(29)25(31)28(22)14-13-17-9-11-19(27)12-10-17/h6-12,15-16,22,29H,13-14H2,1-5H3. The van der Waals surface area contributed by atoms with Gasteiger partial charge in [0, 0.05) is 12.0 Å². The molecule has 1 heterocycles. The zero-order chi connectivity index (χ0) is 23.6. The van der Waals surface area contributed by atoms with Gasteiger partial charge in [0.15, 0.2) is 11.5 Å². The van der Waals surface area contributed by atoms with E-state index in [1.807, 2.05) is 32.0 Å². The first kappa shape index (κ1) is 23.5. The molecule has 1 N–H and O–H groups in total. The number of benzene rings is 2. The third-order valence-corrected chi connectivity index (χ3v) is 5.33. The molecule has 2 aromatic carbocycles. The molecule has 170 valence electrons. The maximum Gasteiger partial charge on any atom is 0.290 e. The van der Waals surface area contributed by atoms with E-state index in [0.717, 1.165) is 5.56 Å². The fourth-order valence-corrected chi connectivity index (χ4v) is 3.80. The number of ketones is 1. The lowest BCUT2D eigenvalue weighted by atomic mass is 9.82. The second-order valence-electron chi connectivity index (χ2n) is 9.36. The average Bonchev–Trinajstić information content (AvgIpc) is 2.96. The summed E-state index contributed by atoms with van der Waals surface area (Å²) in [6.45, 7) is 9.38.